The fourth-order valence-corrected chi connectivity index (χ4v) is 3.47. The lowest BCUT2D eigenvalue weighted by molar-refractivity contribution is -0.141. The van der Waals surface area contributed by atoms with E-state index in [4.69, 9.17) is 0 Å². The van der Waals surface area contributed by atoms with Crippen molar-refractivity contribution in [3.8, 4) is 16.9 Å². The zero-order valence-electron chi connectivity index (χ0n) is 14.2. The lowest BCUT2D eigenvalue weighted by Crippen LogP contribution is -2.10. The van der Waals surface area contributed by atoms with Crippen molar-refractivity contribution in [3.63, 3.8) is 0 Å². The lowest BCUT2D eigenvalue weighted by Gasteiger charge is -2.11. The van der Waals surface area contributed by atoms with Crippen molar-refractivity contribution in [1.29, 1.82) is 0 Å². The van der Waals surface area contributed by atoms with E-state index >= 15 is 0 Å². The maximum Gasteiger partial charge on any atom is 0.435 e. The Morgan fingerprint density at radius 3 is 1.83 bits per heavy atom. The van der Waals surface area contributed by atoms with Crippen LogP contribution in [0.25, 0.3) is 16.9 Å². The van der Waals surface area contributed by atoms with Gasteiger partial charge in [-0.05, 0) is 18.2 Å². The highest BCUT2D eigenvalue weighted by atomic mass is 32.2. The van der Waals surface area contributed by atoms with Crippen LogP contribution < -0.4 is 0 Å². The van der Waals surface area contributed by atoms with Crippen LogP contribution in [0.2, 0.25) is 0 Å². The summed E-state index contributed by atoms with van der Waals surface area (Å²) in [7, 11) is -4.31. The van der Waals surface area contributed by atoms with Gasteiger partial charge in [0.15, 0.2) is 15.5 Å². The minimum Gasteiger partial charge on any atom is -0.232 e. The normalized spacial score (nSPS) is 12.4. The summed E-state index contributed by atoms with van der Waals surface area (Å²) < 4.78 is 118. The predicted molar refractivity (Wildman–Crippen MR) is 86.9 cm³/mol. The lowest BCUT2D eigenvalue weighted by atomic mass is 10.1. The van der Waals surface area contributed by atoms with E-state index in [1.54, 1.807) is 0 Å². The third-order valence-corrected chi connectivity index (χ3v) is 4.89. The van der Waals surface area contributed by atoms with E-state index in [-0.39, 0.29) is 0 Å². The molecule has 0 amide bonds. The number of alkyl halides is 3. The summed E-state index contributed by atoms with van der Waals surface area (Å²) in [5, 5.41) is 3.23. The van der Waals surface area contributed by atoms with E-state index < -0.39 is 66.8 Å². The topological polar surface area (TPSA) is 52.0 Å². The van der Waals surface area contributed by atoms with Crippen molar-refractivity contribution >= 4 is 9.84 Å². The number of rotatable bonds is 3. The maximum atomic E-state index is 14.2. The molecule has 0 aliphatic heterocycles. The minimum atomic E-state index is -4.98. The first-order valence-electron chi connectivity index (χ1n) is 7.60. The van der Waals surface area contributed by atoms with Gasteiger partial charge in [-0.25, -0.2) is 30.7 Å². The molecule has 3 rings (SSSR count). The summed E-state index contributed by atoms with van der Waals surface area (Å²) >= 11 is 0. The van der Waals surface area contributed by atoms with Crippen molar-refractivity contribution in [1.82, 2.24) is 9.78 Å². The fourth-order valence-electron chi connectivity index (χ4n) is 2.65. The molecule has 0 spiro atoms. The van der Waals surface area contributed by atoms with Gasteiger partial charge >= 0.3 is 6.18 Å². The summed E-state index contributed by atoms with van der Waals surface area (Å²) in [5.74, 6) is -5.34. The third-order valence-electron chi connectivity index (χ3n) is 3.76. The molecule has 2 aromatic carbocycles. The zero-order valence-corrected chi connectivity index (χ0v) is 15.0. The van der Waals surface area contributed by atoms with Crippen molar-refractivity contribution in [3.05, 3.63) is 65.4 Å². The molecule has 0 saturated carbocycles. The number of hydrogen-bond donors (Lipinski definition) is 0. The molecule has 4 nitrogen and oxygen atoms in total. The largest absolute Gasteiger partial charge is 0.435 e. The predicted octanol–water partition coefficient (Wildman–Crippen LogP) is 4.52. The first-order chi connectivity index (χ1) is 13.3. The molecule has 3 aromatic rings. The summed E-state index contributed by atoms with van der Waals surface area (Å²) in [6, 6.07) is 3.23. The second kappa shape index (κ2) is 6.87. The van der Waals surface area contributed by atoms with Crippen LogP contribution in [-0.2, 0) is 16.0 Å². The fraction of sp³-hybridized carbons (Fsp3) is 0.118. The second-order valence-corrected chi connectivity index (χ2v) is 7.95. The minimum absolute atomic E-state index is 0.390. The Morgan fingerprint density at radius 1 is 0.862 bits per heavy atom. The number of aromatic nitrogens is 2. The van der Waals surface area contributed by atoms with Crippen LogP contribution in [0, 0.1) is 23.3 Å². The van der Waals surface area contributed by atoms with Crippen LogP contribution in [0.1, 0.15) is 5.69 Å². The second-order valence-electron chi connectivity index (χ2n) is 5.99. The number of nitrogens with zero attached hydrogens (tertiary/aromatic N) is 2. The molecule has 0 unspecified atom stereocenters. The van der Waals surface area contributed by atoms with E-state index in [0.29, 0.717) is 47.3 Å². The Balaban J connectivity index is 2.31. The van der Waals surface area contributed by atoms with Crippen molar-refractivity contribution in [2.45, 2.75) is 11.1 Å². The average Bonchev–Trinajstić information content (AvgIpc) is 2.97. The van der Waals surface area contributed by atoms with Gasteiger partial charge in [-0.15, -0.1) is 0 Å². The van der Waals surface area contributed by atoms with Gasteiger partial charge in [0.1, 0.15) is 28.2 Å². The molecule has 0 aliphatic rings. The van der Waals surface area contributed by atoms with Crippen LogP contribution in [0.15, 0.2) is 41.3 Å². The Labute approximate surface area is 159 Å². The average molecular weight is 438 g/mol. The van der Waals surface area contributed by atoms with E-state index in [1.807, 2.05) is 0 Å². The number of benzene rings is 2. The van der Waals surface area contributed by atoms with Gasteiger partial charge < -0.3 is 0 Å². The molecular weight excluding hydrogens is 429 g/mol. The summed E-state index contributed by atoms with van der Waals surface area (Å²) in [4.78, 5) is -1.28. The molecule has 0 aliphatic carbocycles. The van der Waals surface area contributed by atoms with Crippen LogP contribution in [0.5, 0.6) is 0 Å². The first kappa shape index (κ1) is 20.8. The smallest absolute Gasteiger partial charge is 0.232 e. The molecule has 0 atom stereocenters. The molecule has 0 radical (unpaired) electrons. The molecule has 1 aromatic heterocycles. The van der Waals surface area contributed by atoms with Crippen molar-refractivity contribution in [2.75, 3.05) is 6.26 Å². The van der Waals surface area contributed by atoms with Crippen LogP contribution in [-0.4, -0.2) is 24.5 Å². The molecule has 0 bridgehead atoms. The highest BCUT2D eigenvalue weighted by molar-refractivity contribution is 7.90. The molecule has 29 heavy (non-hydrogen) atoms. The Morgan fingerprint density at radius 2 is 1.38 bits per heavy atom. The van der Waals surface area contributed by atoms with Gasteiger partial charge in [-0.1, -0.05) is 0 Å². The van der Waals surface area contributed by atoms with E-state index in [0.717, 1.165) is 0 Å². The highest BCUT2D eigenvalue weighted by Gasteiger charge is 2.35. The van der Waals surface area contributed by atoms with Crippen LogP contribution in [0.4, 0.5) is 30.7 Å². The molecule has 0 saturated heterocycles. The van der Waals surface area contributed by atoms with Gasteiger partial charge in [-0.3, -0.25) is 0 Å². The van der Waals surface area contributed by atoms with Gasteiger partial charge in [0.25, 0.3) is 0 Å². The zero-order chi connectivity index (χ0) is 21.7. The standard InChI is InChI=1S/C17H9F7N2O2S/c1-29(27,28)16-12(20)5-11(6-13(16)21)26-14(7-15(25-26)17(22,23)24)8-2-9(18)4-10(19)3-8/h2-7H,1H3. The molecule has 0 fully saturated rings. The maximum absolute atomic E-state index is 14.2. The van der Waals surface area contributed by atoms with Crippen LogP contribution in [0.3, 0.4) is 0 Å². The Hall–Kier alpha value is -2.89. The van der Waals surface area contributed by atoms with Crippen LogP contribution >= 0.6 is 0 Å². The van der Waals surface area contributed by atoms with E-state index in [1.165, 1.54) is 0 Å². The van der Waals surface area contributed by atoms with E-state index in [9.17, 15) is 39.2 Å². The number of sulfone groups is 1. The number of halogens is 7. The molecular formula is C17H9F7N2O2S. The molecule has 12 heteroatoms. The summed E-state index contributed by atoms with van der Waals surface area (Å²) in [5.41, 5.74) is -3.03. The molecule has 154 valence electrons. The van der Waals surface area contributed by atoms with Gasteiger partial charge in [-0.2, -0.15) is 18.3 Å². The quantitative estimate of drug-likeness (QED) is 0.566. The van der Waals surface area contributed by atoms with Crippen molar-refractivity contribution < 1.29 is 39.2 Å². The summed E-state index contributed by atoms with van der Waals surface area (Å²) in [6.07, 6.45) is -4.43. The molecule has 1 heterocycles. The van der Waals surface area contributed by atoms with Crippen molar-refractivity contribution in [2.24, 2.45) is 0 Å². The van der Waals surface area contributed by atoms with E-state index in [2.05, 4.69) is 5.10 Å². The molecule has 0 N–H and O–H groups in total. The SMILES string of the molecule is CS(=O)(=O)c1c(F)cc(-n2nc(C(F)(F)F)cc2-c2cc(F)cc(F)c2)cc1F. The monoisotopic (exact) mass is 438 g/mol. The van der Waals surface area contributed by atoms with Gasteiger partial charge in [0, 0.05) is 30.0 Å². The Bertz CT molecular complexity index is 1170. The first-order valence-corrected chi connectivity index (χ1v) is 9.49. The highest BCUT2D eigenvalue weighted by Crippen LogP contribution is 2.34. The summed E-state index contributed by atoms with van der Waals surface area (Å²) in [6.45, 7) is 0. The van der Waals surface area contributed by atoms with Gasteiger partial charge in [0.2, 0.25) is 0 Å². The van der Waals surface area contributed by atoms with Gasteiger partial charge in [0.05, 0.1) is 11.4 Å². The Kier molecular flexibility index (Phi) is 4.93. The number of hydrogen-bond acceptors (Lipinski definition) is 3. The third kappa shape index (κ3) is 4.11.